The lowest BCUT2D eigenvalue weighted by atomic mass is 10.0. The van der Waals surface area contributed by atoms with Crippen molar-refractivity contribution in [1.82, 2.24) is 19.7 Å². The van der Waals surface area contributed by atoms with E-state index in [0.717, 1.165) is 29.0 Å². The van der Waals surface area contributed by atoms with Gasteiger partial charge in [-0.2, -0.15) is 9.94 Å². The van der Waals surface area contributed by atoms with Gasteiger partial charge >= 0.3 is 5.69 Å². The Morgan fingerprint density at radius 3 is 2.59 bits per heavy atom. The molecule has 1 heterocycles. The number of aromatic amines is 1. The van der Waals surface area contributed by atoms with Gasteiger partial charge in [0.25, 0.3) is 5.56 Å². The van der Waals surface area contributed by atoms with Crippen molar-refractivity contribution >= 4 is 41.2 Å². The second kappa shape index (κ2) is 11.4. The zero-order valence-corrected chi connectivity index (χ0v) is 20.5. The van der Waals surface area contributed by atoms with E-state index in [1.165, 1.54) is 12.1 Å². The Labute approximate surface area is 208 Å². The molecule has 34 heavy (non-hydrogen) atoms. The van der Waals surface area contributed by atoms with Crippen molar-refractivity contribution in [3.8, 4) is 23.3 Å². The number of aromatic nitrogens is 3. The number of nitrogens with zero attached hydrogens (tertiary/aromatic N) is 4. The van der Waals surface area contributed by atoms with Crippen molar-refractivity contribution in [1.29, 1.82) is 5.26 Å². The average molecular weight is 520 g/mol. The third-order valence-corrected chi connectivity index (χ3v) is 6.00. The molecule has 0 fully saturated rings. The summed E-state index contributed by atoms with van der Waals surface area (Å²) in [5.74, 6) is 1.43. The molecule has 0 aliphatic rings. The van der Waals surface area contributed by atoms with E-state index in [-0.39, 0.29) is 21.5 Å². The van der Waals surface area contributed by atoms with E-state index in [1.807, 2.05) is 18.3 Å². The number of carbonyl (C=O) groups is 1. The molecule has 0 unspecified atom stereocenters. The number of rotatable bonds is 9. The topological polar surface area (TPSA) is 121 Å². The van der Waals surface area contributed by atoms with Gasteiger partial charge in [-0.3, -0.25) is 19.5 Å². The van der Waals surface area contributed by atoms with Crippen molar-refractivity contribution in [3.63, 3.8) is 0 Å². The number of carbonyl (C=O) groups excluding carboxylic acids is 1. The molecule has 0 saturated heterocycles. The van der Waals surface area contributed by atoms with E-state index in [9.17, 15) is 14.4 Å². The first-order chi connectivity index (χ1) is 16.3. The van der Waals surface area contributed by atoms with E-state index >= 15 is 0 Å². The molecule has 0 amide bonds. The molecule has 176 valence electrons. The van der Waals surface area contributed by atoms with Crippen LogP contribution in [0.1, 0.15) is 21.6 Å². The van der Waals surface area contributed by atoms with Gasteiger partial charge in [0.15, 0.2) is 5.75 Å². The lowest BCUT2D eigenvalue weighted by Crippen LogP contribution is -2.33. The van der Waals surface area contributed by atoms with E-state index in [1.54, 1.807) is 36.0 Å². The van der Waals surface area contributed by atoms with Gasteiger partial charge in [-0.25, -0.2) is 4.79 Å². The molecule has 12 heteroatoms. The van der Waals surface area contributed by atoms with Crippen LogP contribution in [0.15, 0.2) is 39.9 Å². The van der Waals surface area contributed by atoms with Gasteiger partial charge in [0, 0.05) is 18.0 Å². The minimum Gasteiger partial charge on any atom is -0.454 e. The fraction of sp³-hybridized carbons (Fsp3) is 0.227. The molecule has 0 saturated carbocycles. The maximum absolute atomic E-state index is 12.1. The number of benzene rings is 2. The second-order valence-corrected chi connectivity index (χ2v) is 8.85. The number of hydrogen-bond acceptors (Lipinski definition) is 8. The van der Waals surface area contributed by atoms with Crippen LogP contribution < -0.4 is 16.0 Å². The van der Waals surface area contributed by atoms with Gasteiger partial charge in [0.05, 0.1) is 15.7 Å². The fourth-order valence-corrected chi connectivity index (χ4v) is 4.23. The molecule has 0 atom stereocenters. The maximum Gasteiger partial charge on any atom is 0.349 e. The summed E-state index contributed by atoms with van der Waals surface area (Å²) < 4.78 is 6.71. The standard InChI is InChI=1S/C22H19Cl2N5O4S/c1-28(12-34-2)6-5-13-7-16(4-3-14(13)11-30)33-20-17(23)8-15(9-18(20)24)29-22(32)26-21(31)19(10-25)27-29/h3-4,7-9,11H,5-6,12H2,1-2H3,(H,26,31,32). The van der Waals surface area contributed by atoms with Gasteiger partial charge < -0.3 is 4.74 Å². The van der Waals surface area contributed by atoms with Crippen molar-refractivity contribution in [3.05, 3.63) is 78.0 Å². The van der Waals surface area contributed by atoms with Crippen LogP contribution in [0.3, 0.4) is 0 Å². The van der Waals surface area contributed by atoms with Crippen LogP contribution in [0.25, 0.3) is 5.69 Å². The van der Waals surface area contributed by atoms with Crippen molar-refractivity contribution in [2.45, 2.75) is 6.42 Å². The molecule has 0 aliphatic carbocycles. The van der Waals surface area contributed by atoms with Gasteiger partial charge in [-0.1, -0.05) is 23.2 Å². The van der Waals surface area contributed by atoms with Crippen molar-refractivity contribution < 1.29 is 9.53 Å². The second-order valence-electron chi connectivity index (χ2n) is 7.20. The molecule has 3 aromatic rings. The highest BCUT2D eigenvalue weighted by Gasteiger charge is 2.16. The Kier molecular flexibility index (Phi) is 8.52. The molecule has 0 radical (unpaired) electrons. The normalized spacial score (nSPS) is 10.8. The molecule has 2 aromatic carbocycles. The highest BCUT2D eigenvalue weighted by atomic mass is 35.5. The SMILES string of the molecule is CSCN(C)CCc1cc(Oc2c(Cl)cc(-n3nc(C#N)c(=O)[nH]c3=O)cc2Cl)ccc1C=O. The molecule has 0 bridgehead atoms. The van der Waals surface area contributed by atoms with E-state index in [4.69, 9.17) is 33.2 Å². The fourth-order valence-electron chi connectivity index (χ4n) is 3.11. The van der Waals surface area contributed by atoms with E-state index < -0.39 is 16.9 Å². The Bertz CT molecular complexity index is 1360. The number of aldehydes is 1. The van der Waals surface area contributed by atoms with Crippen LogP contribution in [0.4, 0.5) is 0 Å². The van der Waals surface area contributed by atoms with Gasteiger partial charge in [-0.05, 0) is 55.6 Å². The van der Waals surface area contributed by atoms with Gasteiger partial charge in [-0.15, -0.1) is 16.9 Å². The minimum atomic E-state index is -0.893. The molecule has 0 spiro atoms. The Morgan fingerprint density at radius 1 is 1.26 bits per heavy atom. The number of thioether (sulfide) groups is 1. The first-order valence-corrected chi connectivity index (χ1v) is 12.0. The van der Waals surface area contributed by atoms with Crippen LogP contribution in [-0.4, -0.2) is 51.7 Å². The summed E-state index contributed by atoms with van der Waals surface area (Å²) in [7, 11) is 2.00. The smallest absolute Gasteiger partial charge is 0.349 e. The van der Waals surface area contributed by atoms with E-state index in [0.29, 0.717) is 17.7 Å². The van der Waals surface area contributed by atoms with Crippen molar-refractivity contribution in [2.75, 3.05) is 25.7 Å². The van der Waals surface area contributed by atoms with Crippen LogP contribution in [0, 0.1) is 11.3 Å². The number of halogens is 2. The molecule has 9 nitrogen and oxygen atoms in total. The first-order valence-electron chi connectivity index (χ1n) is 9.84. The predicted octanol–water partition coefficient (Wildman–Crippen LogP) is 3.50. The molecule has 3 rings (SSSR count). The summed E-state index contributed by atoms with van der Waals surface area (Å²) in [5.41, 5.74) is -0.723. The zero-order chi connectivity index (χ0) is 24.8. The number of nitriles is 1. The Hall–Kier alpha value is -3.10. The predicted molar refractivity (Wildman–Crippen MR) is 132 cm³/mol. The minimum absolute atomic E-state index is 0.0709. The third-order valence-electron chi connectivity index (χ3n) is 4.74. The number of likely N-dealkylation sites (N-methyl/N-ethyl adjacent to an activating group) is 1. The number of hydrogen-bond donors (Lipinski definition) is 1. The summed E-state index contributed by atoms with van der Waals surface area (Å²) in [5, 5.41) is 12.9. The Morgan fingerprint density at radius 2 is 1.97 bits per heavy atom. The molecule has 0 aliphatic heterocycles. The molecular weight excluding hydrogens is 501 g/mol. The first kappa shape index (κ1) is 25.5. The highest BCUT2D eigenvalue weighted by molar-refractivity contribution is 7.98. The van der Waals surface area contributed by atoms with Gasteiger partial charge in [0.2, 0.25) is 5.69 Å². The molecule has 1 aromatic heterocycles. The number of nitrogens with one attached hydrogen (secondary N) is 1. The summed E-state index contributed by atoms with van der Waals surface area (Å²) in [4.78, 5) is 39.3. The molecule has 1 N–H and O–H groups in total. The monoisotopic (exact) mass is 519 g/mol. The summed E-state index contributed by atoms with van der Waals surface area (Å²) in [6.07, 6.45) is 3.46. The van der Waals surface area contributed by atoms with Crippen LogP contribution in [0.5, 0.6) is 11.5 Å². The van der Waals surface area contributed by atoms with Crippen LogP contribution in [-0.2, 0) is 6.42 Å². The third kappa shape index (κ3) is 5.87. The summed E-state index contributed by atoms with van der Waals surface area (Å²) in [6, 6.07) is 9.40. The van der Waals surface area contributed by atoms with E-state index in [2.05, 4.69) is 10.00 Å². The summed E-state index contributed by atoms with van der Waals surface area (Å²) in [6.45, 7) is 0.757. The van der Waals surface area contributed by atoms with Gasteiger partial charge in [0.1, 0.15) is 18.1 Å². The number of ether oxygens (including phenoxy) is 1. The Balaban J connectivity index is 1.92. The lowest BCUT2D eigenvalue weighted by molar-refractivity contribution is 0.112. The van der Waals surface area contributed by atoms with Crippen LogP contribution in [0.2, 0.25) is 10.0 Å². The largest absolute Gasteiger partial charge is 0.454 e. The quantitative estimate of drug-likeness (QED) is 0.336. The van der Waals surface area contributed by atoms with Crippen molar-refractivity contribution in [2.24, 2.45) is 0 Å². The molecular formula is C22H19Cl2N5O4S. The summed E-state index contributed by atoms with van der Waals surface area (Å²) >= 11 is 14.5. The lowest BCUT2D eigenvalue weighted by Gasteiger charge is -2.17. The number of H-pyrrole nitrogens is 1. The van der Waals surface area contributed by atoms with Crippen LogP contribution >= 0.6 is 35.0 Å². The maximum atomic E-state index is 12.1. The zero-order valence-electron chi connectivity index (χ0n) is 18.2. The highest BCUT2D eigenvalue weighted by Crippen LogP contribution is 2.38. The average Bonchev–Trinajstić information content (AvgIpc) is 2.80.